The van der Waals surface area contributed by atoms with Crippen molar-refractivity contribution in [2.75, 3.05) is 6.54 Å². The first kappa shape index (κ1) is 16.8. The van der Waals surface area contributed by atoms with Crippen LogP contribution in [0.4, 0.5) is 0 Å². The number of amides is 1. The van der Waals surface area contributed by atoms with E-state index in [9.17, 15) is 9.59 Å². The summed E-state index contributed by atoms with van der Waals surface area (Å²) >= 11 is 6.36. The van der Waals surface area contributed by atoms with E-state index in [-0.39, 0.29) is 11.5 Å². The summed E-state index contributed by atoms with van der Waals surface area (Å²) in [7, 11) is 0. The zero-order valence-electron chi connectivity index (χ0n) is 14.3. The van der Waals surface area contributed by atoms with Gasteiger partial charge in [0, 0.05) is 34.9 Å². The fourth-order valence-electron chi connectivity index (χ4n) is 3.58. The van der Waals surface area contributed by atoms with E-state index < -0.39 is 5.41 Å². The average molecular weight is 368 g/mol. The molecule has 3 heterocycles. The molecule has 4 rings (SSSR count). The van der Waals surface area contributed by atoms with Crippen molar-refractivity contribution in [1.29, 1.82) is 0 Å². The molecule has 1 saturated heterocycles. The zero-order chi connectivity index (χ0) is 18.3. The quantitative estimate of drug-likeness (QED) is 0.728. The van der Waals surface area contributed by atoms with Crippen molar-refractivity contribution in [3.8, 4) is 11.3 Å². The molecule has 1 aliphatic heterocycles. The molecule has 2 aromatic heterocycles. The molecule has 26 heavy (non-hydrogen) atoms. The molecule has 0 radical (unpaired) electrons. The van der Waals surface area contributed by atoms with Crippen LogP contribution in [-0.4, -0.2) is 22.4 Å². The van der Waals surface area contributed by atoms with E-state index in [0.717, 1.165) is 22.9 Å². The Morgan fingerprint density at radius 2 is 2.04 bits per heavy atom. The van der Waals surface area contributed by atoms with Crippen molar-refractivity contribution in [1.82, 2.24) is 15.3 Å². The normalized spacial score (nSPS) is 20.2. The number of pyridine rings is 2. The Labute approximate surface area is 155 Å². The van der Waals surface area contributed by atoms with Gasteiger partial charge < -0.3 is 10.3 Å². The number of nitrogens with zero attached hydrogens (tertiary/aromatic N) is 1. The molecular weight excluding hydrogens is 350 g/mol. The van der Waals surface area contributed by atoms with Crippen LogP contribution in [-0.2, 0) is 10.2 Å². The highest BCUT2D eigenvalue weighted by molar-refractivity contribution is 6.35. The summed E-state index contributed by atoms with van der Waals surface area (Å²) in [4.78, 5) is 32.3. The summed E-state index contributed by atoms with van der Waals surface area (Å²) in [6.45, 7) is 2.48. The topological polar surface area (TPSA) is 74.8 Å². The molecule has 0 saturated carbocycles. The Balaban J connectivity index is 1.79. The highest BCUT2D eigenvalue weighted by Crippen LogP contribution is 2.32. The highest BCUT2D eigenvalue weighted by Gasteiger charge is 2.39. The van der Waals surface area contributed by atoms with Crippen molar-refractivity contribution >= 4 is 28.4 Å². The van der Waals surface area contributed by atoms with E-state index in [4.69, 9.17) is 11.6 Å². The van der Waals surface area contributed by atoms with E-state index in [2.05, 4.69) is 15.3 Å². The molecule has 1 aromatic carbocycles. The SMILES string of the molecule is CC1(c2ccc(-c3cc(Cl)c4cccnc4c3)[nH]c2=O)CCCNC1=O. The van der Waals surface area contributed by atoms with Gasteiger partial charge in [-0.1, -0.05) is 17.7 Å². The maximum Gasteiger partial charge on any atom is 0.252 e. The van der Waals surface area contributed by atoms with Crippen LogP contribution in [0, 0.1) is 0 Å². The smallest absolute Gasteiger partial charge is 0.252 e. The van der Waals surface area contributed by atoms with Gasteiger partial charge in [-0.3, -0.25) is 14.6 Å². The van der Waals surface area contributed by atoms with E-state index >= 15 is 0 Å². The number of fused-ring (bicyclic) bond motifs is 1. The number of hydrogen-bond acceptors (Lipinski definition) is 3. The van der Waals surface area contributed by atoms with Crippen LogP contribution < -0.4 is 10.9 Å². The summed E-state index contributed by atoms with van der Waals surface area (Å²) in [5.74, 6) is -0.0973. The van der Waals surface area contributed by atoms with Crippen LogP contribution >= 0.6 is 11.6 Å². The average Bonchev–Trinajstić information content (AvgIpc) is 2.64. The van der Waals surface area contributed by atoms with E-state index in [1.807, 2.05) is 37.3 Å². The minimum absolute atomic E-state index is 0.0973. The third-order valence-electron chi connectivity index (χ3n) is 5.13. The first-order chi connectivity index (χ1) is 12.5. The number of nitrogens with one attached hydrogen (secondary N) is 2. The molecule has 3 aromatic rings. The fraction of sp³-hybridized carbons (Fsp3) is 0.250. The number of aromatic nitrogens is 2. The molecule has 0 bridgehead atoms. The van der Waals surface area contributed by atoms with Crippen LogP contribution in [0.2, 0.25) is 5.02 Å². The lowest BCUT2D eigenvalue weighted by atomic mass is 9.76. The molecule has 0 aliphatic carbocycles. The van der Waals surface area contributed by atoms with E-state index in [1.165, 1.54) is 0 Å². The minimum atomic E-state index is -0.799. The standard InChI is InChI=1S/C20H18ClN3O2/c1-20(7-3-9-23-19(20)26)14-5-6-16(24-18(14)25)12-10-15(21)13-4-2-8-22-17(13)11-12/h2,4-6,8,10-11H,3,7,9H2,1H3,(H,23,26)(H,24,25). The van der Waals surface area contributed by atoms with Gasteiger partial charge in [0.1, 0.15) is 0 Å². The van der Waals surface area contributed by atoms with E-state index in [1.54, 1.807) is 12.3 Å². The van der Waals surface area contributed by atoms with Crippen LogP contribution in [0.25, 0.3) is 22.2 Å². The second kappa shape index (κ2) is 6.25. The number of rotatable bonds is 2. The summed E-state index contributed by atoms with van der Waals surface area (Å²) in [6, 6.07) is 11.0. The molecule has 1 fully saturated rings. The van der Waals surface area contributed by atoms with E-state index in [0.29, 0.717) is 29.2 Å². The molecule has 1 aliphatic rings. The van der Waals surface area contributed by atoms with Crippen molar-refractivity contribution in [2.24, 2.45) is 0 Å². The monoisotopic (exact) mass is 367 g/mol. The largest absolute Gasteiger partial charge is 0.355 e. The Bertz CT molecular complexity index is 1080. The number of benzene rings is 1. The zero-order valence-corrected chi connectivity index (χ0v) is 15.1. The van der Waals surface area contributed by atoms with Crippen molar-refractivity contribution in [3.63, 3.8) is 0 Å². The minimum Gasteiger partial charge on any atom is -0.355 e. The lowest BCUT2D eigenvalue weighted by molar-refractivity contribution is -0.128. The maximum atomic E-state index is 12.7. The van der Waals surface area contributed by atoms with Gasteiger partial charge >= 0.3 is 0 Å². The third kappa shape index (κ3) is 2.69. The first-order valence-corrected chi connectivity index (χ1v) is 8.93. The first-order valence-electron chi connectivity index (χ1n) is 8.56. The van der Waals surface area contributed by atoms with Gasteiger partial charge in [0.05, 0.1) is 16.0 Å². The Kier molecular flexibility index (Phi) is 4.04. The van der Waals surface area contributed by atoms with Crippen molar-refractivity contribution < 1.29 is 4.79 Å². The predicted molar refractivity (Wildman–Crippen MR) is 102 cm³/mol. The molecular formula is C20H18ClN3O2. The Morgan fingerprint density at radius 1 is 1.19 bits per heavy atom. The number of carbonyl (C=O) groups excluding carboxylic acids is 1. The van der Waals surface area contributed by atoms with Crippen LogP contribution in [0.1, 0.15) is 25.3 Å². The molecule has 6 heteroatoms. The number of H-pyrrole nitrogens is 1. The molecule has 132 valence electrons. The maximum absolute atomic E-state index is 12.7. The molecule has 0 spiro atoms. The van der Waals surface area contributed by atoms with Gasteiger partial charge in [-0.15, -0.1) is 0 Å². The number of halogens is 1. The summed E-state index contributed by atoms with van der Waals surface area (Å²) < 4.78 is 0. The van der Waals surface area contributed by atoms with Crippen molar-refractivity contribution in [2.45, 2.75) is 25.2 Å². The third-order valence-corrected chi connectivity index (χ3v) is 5.44. The second-order valence-electron chi connectivity index (χ2n) is 6.83. The summed E-state index contributed by atoms with van der Waals surface area (Å²) in [5.41, 5.74) is 1.63. The molecule has 1 atom stereocenters. The number of aromatic amines is 1. The van der Waals surface area contributed by atoms with Crippen LogP contribution in [0.3, 0.4) is 0 Å². The van der Waals surface area contributed by atoms with Gasteiger partial charge in [0.25, 0.3) is 5.56 Å². The van der Waals surface area contributed by atoms with Gasteiger partial charge in [-0.25, -0.2) is 0 Å². The number of hydrogen-bond donors (Lipinski definition) is 2. The molecule has 1 amide bonds. The highest BCUT2D eigenvalue weighted by atomic mass is 35.5. The summed E-state index contributed by atoms with van der Waals surface area (Å²) in [6.07, 6.45) is 3.22. The van der Waals surface area contributed by atoms with Gasteiger partial charge in [-0.05, 0) is 50.1 Å². The van der Waals surface area contributed by atoms with Gasteiger partial charge in [-0.2, -0.15) is 0 Å². The fourth-order valence-corrected chi connectivity index (χ4v) is 3.86. The lowest BCUT2D eigenvalue weighted by Crippen LogP contribution is -2.49. The molecule has 1 unspecified atom stereocenters. The lowest BCUT2D eigenvalue weighted by Gasteiger charge is -2.32. The van der Waals surface area contributed by atoms with Crippen LogP contribution in [0.15, 0.2) is 47.4 Å². The van der Waals surface area contributed by atoms with Crippen molar-refractivity contribution in [3.05, 3.63) is 63.5 Å². The van der Waals surface area contributed by atoms with Gasteiger partial charge in [0.15, 0.2) is 0 Å². The van der Waals surface area contributed by atoms with Gasteiger partial charge in [0.2, 0.25) is 5.91 Å². The summed E-state index contributed by atoms with van der Waals surface area (Å²) in [5, 5.41) is 4.30. The predicted octanol–water partition coefficient (Wildman–Crippen LogP) is 3.41. The Morgan fingerprint density at radius 3 is 2.81 bits per heavy atom. The van der Waals surface area contributed by atoms with Crippen LogP contribution in [0.5, 0.6) is 0 Å². The number of carbonyl (C=O) groups is 1. The second-order valence-corrected chi connectivity index (χ2v) is 7.24. The molecule has 5 nitrogen and oxygen atoms in total. The Hall–Kier alpha value is -2.66. The molecule has 2 N–H and O–H groups in total. The number of piperidine rings is 1.